The summed E-state index contributed by atoms with van der Waals surface area (Å²) in [5.41, 5.74) is 2.84. The Kier molecular flexibility index (Phi) is 4.55. The molecule has 1 aliphatic rings. The zero-order chi connectivity index (χ0) is 17.9. The van der Waals surface area contributed by atoms with Gasteiger partial charge in [-0.05, 0) is 43.1 Å². The molecule has 6 heteroatoms. The van der Waals surface area contributed by atoms with Crippen molar-refractivity contribution in [2.45, 2.75) is 13.0 Å². The van der Waals surface area contributed by atoms with Crippen molar-refractivity contribution in [3.05, 3.63) is 54.0 Å². The maximum atomic E-state index is 9.15. The molecule has 1 saturated heterocycles. The number of benzene rings is 1. The van der Waals surface area contributed by atoms with Crippen molar-refractivity contribution in [3.8, 4) is 6.07 Å². The van der Waals surface area contributed by atoms with Crippen LogP contribution in [0.4, 0.5) is 5.82 Å². The highest BCUT2D eigenvalue weighted by Crippen LogP contribution is 2.21. The average molecular weight is 346 g/mol. The molecule has 6 nitrogen and oxygen atoms in total. The van der Waals surface area contributed by atoms with E-state index >= 15 is 0 Å². The summed E-state index contributed by atoms with van der Waals surface area (Å²) < 4.78 is 2.19. The van der Waals surface area contributed by atoms with Crippen LogP contribution in [0.25, 0.3) is 11.0 Å². The minimum absolute atomic E-state index is 0.554. The highest BCUT2D eigenvalue weighted by atomic mass is 15.2. The molecule has 0 saturated carbocycles. The molecule has 0 amide bonds. The molecule has 4 rings (SSSR count). The van der Waals surface area contributed by atoms with Crippen molar-refractivity contribution in [2.75, 3.05) is 25.0 Å². The standard InChI is InChI=1S/C20H22N6/c1-25-18-7-3-2-6-17(18)24-19(25)14-26-10-8-15(13-26)12-23-20-16(11-21)5-4-9-22-20/h2-7,9,15H,8,10,12-14H2,1H3,(H,22,23). The fourth-order valence-corrected chi connectivity index (χ4v) is 3.64. The van der Waals surface area contributed by atoms with E-state index in [1.54, 1.807) is 18.3 Å². The first-order valence-electron chi connectivity index (χ1n) is 8.96. The number of para-hydroxylation sites is 2. The van der Waals surface area contributed by atoms with Gasteiger partial charge in [0.15, 0.2) is 0 Å². The quantitative estimate of drug-likeness (QED) is 0.769. The predicted molar refractivity (Wildman–Crippen MR) is 102 cm³/mol. The number of hydrogen-bond donors (Lipinski definition) is 1. The molecule has 1 fully saturated rings. The number of nitrogens with zero attached hydrogens (tertiary/aromatic N) is 5. The van der Waals surface area contributed by atoms with Crippen LogP contribution in [-0.2, 0) is 13.6 Å². The molecular weight excluding hydrogens is 324 g/mol. The number of likely N-dealkylation sites (tertiary alicyclic amines) is 1. The van der Waals surface area contributed by atoms with E-state index < -0.39 is 0 Å². The Morgan fingerprint density at radius 2 is 2.15 bits per heavy atom. The Labute approximate surface area is 153 Å². The number of fused-ring (bicyclic) bond motifs is 1. The van der Waals surface area contributed by atoms with E-state index in [0.29, 0.717) is 17.3 Å². The number of aromatic nitrogens is 3. The molecule has 0 spiro atoms. The molecule has 26 heavy (non-hydrogen) atoms. The summed E-state index contributed by atoms with van der Waals surface area (Å²) in [6.07, 6.45) is 2.86. The lowest BCUT2D eigenvalue weighted by atomic mass is 10.1. The number of hydrogen-bond acceptors (Lipinski definition) is 5. The average Bonchev–Trinajstić information content (AvgIpc) is 3.25. The number of anilines is 1. The molecule has 2 aromatic heterocycles. The number of imidazole rings is 1. The van der Waals surface area contributed by atoms with Gasteiger partial charge in [0.05, 0.1) is 23.1 Å². The number of rotatable bonds is 5. The molecular formula is C20H22N6. The second-order valence-corrected chi connectivity index (χ2v) is 6.86. The third-order valence-corrected chi connectivity index (χ3v) is 5.10. The fourth-order valence-electron chi connectivity index (χ4n) is 3.64. The largest absolute Gasteiger partial charge is 0.369 e. The van der Waals surface area contributed by atoms with Crippen LogP contribution in [0.5, 0.6) is 0 Å². The van der Waals surface area contributed by atoms with E-state index in [1.807, 2.05) is 6.07 Å². The lowest BCUT2D eigenvalue weighted by molar-refractivity contribution is 0.308. The number of nitriles is 1. The normalized spacial score (nSPS) is 17.5. The molecule has 1 N–H and O–H groups in total. The fraction of sp³-hybridized carbons (Fsp3) is 0.350. The lowest BCUT2D eigenvalue weighted by Gasteiger charge is -2.16. The summed E-state index contributed by atoms with van der Waals surface area (Å²) in [5, 5.41) is 12.5. The maximum absolute atomic E-state index is 9.15. The summed E-state index contributed by atoms with van der Waals surface area (Å²) in [5.74, 6) is 2.35. The number of pyridine rings is 1. The van der Waals surface area contributed by atoms with Crippen LogP contribution < -0.4 is 5.32 Å². The van der Waals surface area contributed by atoms with Crippen LogP contribution in [0, 0.1) is 17.2 Å². The SMILES string of the molecule is Cn1c(CN2CCC(CNc3ncccc3C#N)C2)nc2ccccc21. The summed E-state index contributed by atoms with van der Waals surface area (Å²) >= 11 is 0. The Bertz CT molecular complexity index is 954. The zero-order valence-electron chi connectivity index (χ0n) is 14.9. The van der Waals surface area contributed by atoms with Gasteiger partial charge in [0.2, 0.25) is 0 Å². The van der Waals surface area contributed by atoms with Crippen molar-refractivity contribution in [3.63, 3.8) is 0 Å². The van der Waals surface area contributed by atoms with E-state index in [1.165, 1.54) is 5.52 Å². The van der Waals surface area contributed by atoms with Gasteiger partial charge in [-0.25, -0.2) is 9.97 Å². The third kappa shape index (κ3) is 3.26. The van der Waals surface area contributed by atoms with E-state index in [4.69, 9.17) is 10.2 Å². The molecule has 1 unspecified atom stereocenters. The van der Waals surface area contributed by atoms with Crippen LogP contribution >= 0.6 is 0 Å². The minimum Gasteiger partial charge on any atom is -0.369 e. The third-order valence-electron chi connectivity index (χ3n) is 5.10. The Morgan fingerprint density at radius 3 is 3.00 bits per heavy atom. The Morgan fingerprint density at radius 1 is 1.27 bits per heavy atom. The van der Waals surface area contributed by atoms with Gasteiger partial charge in [-0.15, -0.1) is 0 Å². The first kappa shape index (κ1) is 16.6. The van der Waals surface area contributed by atoms with Gasteiger partial charge >= 0.3 is 0 Å². The van der Waals surface area contributed by atoms with E-state index in [-0.39, 0.29) is 0 Å². The zero-order valence-corrected chi connectivity index (χ0v) is 14.9. The molecule has 1 aromatic carbocycles. The highest BCUT2D eigenvalue weighted by Gasteiger charge is 2.24. The number of aryl methyl sites for hydroxylation is 1. The Balaban J connectivity index is 1.36. The molecule has 0 radical (unpaired) electrons. The van der Waals surface area contributed by atoms with Gasteiger partial charge in [0.1, 0.15) is 17.7 Å². The van der Waals surface area contributed by atoms with Crippen LogP contribution in [0.15, 0.2) is 42.6 Å². The Hall–Kier alpha value is -2.91. The van der Waals surface area contributed by atoms with Crippen LogP contribution in [0.1, 0.15) is 17.8 Å². The first-order chi connectivity index (χ1) is 12.7. The van der Waals surface area contributed by atoms with Gasteiger partial charge in [0, 0.05) is 26.3 Å². The summed E-state index contributed by atoms with van der Waals surface area (Å²) in [4.78, 5) is 11.5. The number of nitrogens with one attached hydrogen (secondary N) is 1. The molecule has 3 heterocycles. The van der Waals surface area contributed by atoms with E-state index in [2.05, 4.69) is 51.1 Å². The molecule has 1 atom stereocenters. The smallest absolute Gasteiger partial charge is 0.143 e. The second-order valence-electron chi connectivity index (χ2n) is 6.86. The van der Waals surface area contributed by atoms with Crippen molar-refractivity contribution in [1.82, 2.24) is 19.4 Å². The van der Waals surface area contributed by atoms with Gasteiger partial charge in [-0.2, -0.15) is 5.26 Å². The molecule has 1 aliphatic heterocycles. The van der Waals surface area contributed by atoms with Crippen LogP contribution in [0.2, 0.25) is 0 Å². The maximum Gasteiger partial charge on any atom is 0.143 e. The molecule has 0 bridgehead atoms. The van der Waals surface area contributed by atoms with Gasteiger partial charge in [-0.3, -0.25) is 4.90 Å². The first-order valence-corrected chi connectivity index (χ1v) is 8.96. The summed E-state index contributed by atoms with van der Waals surface area (Å²) in [7, 11) is 2.09. The molecule has 132 valence electrons. The van der Waals surface area contributed by atoms with Gasteiger partial charge < -0.3 is 9.88 Å². The summed E-state index contributed by atoms with van der Waals surface area (Å²) in [6, 6.07) is 14.0. The second kappa shape index (κ2) is 7.14. The van der Waals surface area contributed by atoms with Crippen molar-refractivity contribution in [1.29, 1.82) is 5.26 Å². The lowest BCUT2D eigenvalue weighted by Crippen LogP contribution is -2.24. The summed E-state index contributed by atoms with van der Waals surface area (Å²) in [6.45, 7) is 3.81. The van der Waals surface area contributed by atoms with E-state index in [0.717, 1.165) is 43.9 Å². The van der Waals surface area contributed by atoms with E-state index in [9.17, 15) is 0 Å². The predicted octanol–water partition coefficient (Wildman–Crippen LogP) is 2.77. The monoisotopic (exact) mass is 346 g/mol. The minimum atomic E-state index is 0.554. The molecule has 0 aliphatic carbocycles. The van der Waals surface area contributed by atoms with Crippen molar-refractivity contribution in [2.24, 2.45) is 13.0 Å². The van der Waals surface area contributed by atoms with Gasteiger partial charge in [0.25, 0.3) is 0 Å². The molecule has 3 aromatic rings. The van der Waals surface area contributed by atoms with Crippen LogP contribution in [-0.4, -0.2) is 39.1 Å². The van der Waals surface area contributed by atoms with Crippen LogP contribution in [0.3, 0.4) is 0 Å². The van der Waals surface area contributed by atoms with Gasteiger partial charge in [-0.1, -0.05) is 12.1 Å². The van der Waals surface area contributed by atoms with Crippen molar-refractivity contribution >= 4 is 16.9 Å². The topological polar surface area (TPSA) is 69.8 Å². The highest BCUT2D eigenvalue weighted by molar-refractivity contribution is 5.75. The van der Waals surface area contributed by atoms with Crippen molar-refractivity contribution < 1.29 is 0 Å².